The zero-order valence-electron chi connectivity index (χ0n) is 9.14. The quantitative estimate of drug-likeness (QED) is 0.579. The van der Waals surface area contributed by atoms with E-state index in [1.54, 1.807) is 12.1 Å². The van der Waals surface area contributed by atoms with Gasteiger partial charge in [0.15, 0.2) is 0 Å². The van der Waals surface area contributed by atoms with Gasteiger partial charge in [-0.25, -0.2) is 0 Å². The van der Waals surface area contributed by atoms with E-state index < -0.39 is 5.97 Å². The SMILES string of the molecule is CC(C=O)Cc1ccc(N)c(CC(=O)O)c1. The Morgan fingerprint density at radius 1 is 1.56 bits per heavy atom. The molecule has 0 aliphatic rings. The molecule has 0 aromatic heterocycles. The second-order valence-corrected chi connectivity index (χ2v) is 3.92. The Bertz CT molecular complexity index is 401. The maximum Gasteiger partial charge on any atom is 0.307 e. The molecule has 16 heavy (non-hydrogen) atoms. The van der Waals surface area contributed by atoms with Crippen LogP contribution in [0.1, 0.15) is 18.1 Å². The van der Waals surface area contributed by atoms with Gasteiger partial charge in [-0.1, -0.05) is 19.1 Å². The van der Waals surface area contributed by atoms with E-state index in [-0.39, 0.29) is 12.3 Å². The topological polar surface area (TPSA) is 80.4 Å². The van der Waals surface area contributed by atoms with Crippen molar-refractivity contribution in [2.75, 3.05) is 5.73 Å². The first-order chi connectivity index (χ1) is 7.52. The average Bonchev–Trinajstić information content (AvgIpc) is 2.22. The van der Waals surface area contributed by atoms with E-state index in [2.05, 4.69) is 0 Å². The molecular formula is C12H15NO3. The molecule has 0 aliphatic heterocycles. The van der Waals surface area contributed by atoms with Gasteiger partial charge in [-0.15, -0.1) is 0 Å². The molecule has 1 aromatic rings. The number of nitrogen functional groups attached to an aromatic ring is 1. The van der Waals surface area contributed by atoms with E-state index in [0.29, 0.717) is 17.7 Å². The van der Waals surface area contributed by atoms with Crippen molar-refractivity contribution in [2.45, 2.75) is 19.8 Å². The molecule has 0 spiro atoms. The van der Waals surface area contributed by atoms with E-state index >= 15 is 0 Å². The first-order valence-electron chi connectivity index (χ1n) is 5.07. The standard InChI is InChI=1S/C12H15NO3/c1-8(7-14)4-9-2-3-11(13)10(5-9)6-12(15)16/h2-3,5,7-8H,4,6,13H2,1H3,(H,15,16). The molecule has 0 aliphatic carbocycles. The third-order valence-corrected chi connectivity index (χ3v) is 2.34. The molecule has 0 bridgehead atoms. The fourth-order valence-corrected chi connectivity index (χ4v) is 1.52. The molecule has 0 amide bonds. The molecular weight excluding hydrogens is 206 g/mol. The highest BCUT2D eigenvalue weighted by molar-refractivity contribution is 5.73. The number of anilines is 1. The van der Waals surface area contributed by atoms with Crippen molar-refractivity contribution < 1.29 is 14.7 Å². The summed E-state index contributed by atoms with van der Waals surface area (Å²) < 4.78 is 0. The summed E-state index contributed by atoms with van der Waals surface area (Å²) >= 11 is 0. The van der Waals surface area contributed by atoms with Gasteiger partial charge in [0.2, 0.25) is 0 Å². The van der Waals surface area contributed by atoms with Gasteiger partial charge in [0, 0.05) is 11.6 Å². The number of aldehydes is 1. The zero-order chi connectivity index (χ0) is 12.1. The number of carbonyl (C=O) groups is 2. The smallest absolute Gasteiger partial charge is 0.307 e. The number of aliphatic carboxylic acids is 1. The Labute approximate surface area is 94.1 Å². The lowest BCUT2D eigenvalue weighted by molar-refractivity contribution is -0.136. The van der Waals surface area contributed by atoms with Crippen LogP contribution in [0.4, 0.5) is 5.69 Å². The molecule has 1 unspecified atom stereocenters. The molecule has 1 rings (SSSR count). The van der Waals surface area contributed by atoms with Crippen molar-refractivity contribution in [1.29, 1.82) is 0 Å². The van der Waals surface area contributed by atoms with Crippen LogP contribution in [0.15, 0.2) is 18.2 Å². The summed E-state index contributed by atoms with van der Waals surface area (Å²) in [6.45, 7) is 1.82. The predicted molar refractivity (Wildman–Crippen MR) is 61.1 cm³/mol. The summed E-state index contributed by atoms with van der Waals surface area (Å²) in [5.74, 6) is -0.978. The van der Waals surface area contributed by atoms with Crippen molar-refractivity contribution in [3.05, 3.63) is 29.3 Å². The Balaban J connectivity index is 2.88. The van der Waals surface area contributed by atoms with Crippen LogP contribution in [0.5, 0.6) is 0 Å². The number of rotatable bonds is 5. The fourth-order valence-electron chi connectivity index (χ4n) is 1.52. The maximum atomic E-state index is 10.6. The molecule has 86 valence electrons. The normalized spacial score (nSPS) is 12.1. The van der Waals surface area contributed by atoms with Gasteiger partial charge in [0.1, 0.15) is 6.29 Å². The molecule has 3 N–H and O–H groups in total. The second kappa shape index (κ2) is 5.30. The van der Waals surface area contributed by atoms with Crippen molar-refractivity contribution in [3.63, 3.8) is 0 Å². The van der Waals surface area contributed by atoms with Gasteiger partial charge >= 0.3 is 5.97 Å². The van der Waals surface area contributed by atoms with Gasteiger partial charge in [-0.2, -0.15) is 0 Å². The largest absolute Gasteiger partial charge is 0.481 e. The van der Waals surface area contributed by atoms with Gasteiger partial charge in [-0.3, -0.25) is 4.79 Å². The third-order valence-electron chi connectivity index (χ3n) is 2.34. The molecule has 1 aromatic carbocycles. The monoisotopic (exact) mass is 221 g/mol. The lowest BCUT2D eigenvalue weighted by atomic mass is 9.98. The van der Waals surface area contributed by atoms with Crippen LogP contribution in [-0.4, -0.2) is 17.4 Å². The molecule has 4 heteroatoms. The molecule has 0 fully saturated rings. The van der Waals surface area contributed by atoms with Crippen LogP contribution in [-0.2, 0) is 22.4 Å². The number of benzene rings is 1. The third kappa shape index (κ3) is 3.38. The zero-order valence-corrected chi connectivity index (χ0v) is 9.14. The van der Waals surface area contributed by atoms with E-state index in [1.807, 2.05) is 13.0 Å². The lowest BCUT2D eigenvalue weighted by Gasteiger charge is -2.08. The van der Waals surface area contributed by atoms with Crippen LogP contribution in [0.3, 0.4) is 0 Å². The van der Waals surface area contributed by atoms with Crippen LogP contribution in [0.2, 0.25) is 0 Å². The Morgan fingerprint density at radius 3 is 2.81 bits per heavy atom. The Kier molecular flexibility index (Phi) is 4.05. The summed E-state index contributed by atoms with van der Waals surface area (Å²) in [5.41, 5.74) is 7.68. The number of carboxylic acids is 1. The molecule has 0 saturated carbocycles. The highest BCUT2D eigenvalue weighted by Gasteiger charge is 2.08. The number of carboxylic acid groups (broad SMARTS) is 1. The fraction of sp³-hybridized carbons (Fsp3) is 0.333. The van der Waals surface area contributed by atoms with Crippen molar-refractivity contribution in [2.24, 2.45) is 5.92 Å². The highest BCUT2D eigenvalue weighted by atomic mass is 16.4. The van der Waals surface area contributed by atoms with Crippen molar-refractivity contribution >= 4 is 17.9 Å². The summed E-state index contributed by atoms with van der Waals surface area (Å²) in [5, 5.41) is 8.70. The maximum absolute atomic E-state index is 10.6. The van der Waals surface area contributed by atoms with Gasteiger partial charge in [0.05, 0.1) is 6.42 Å². The van der Waals surface area contributed by atoms with Crippen LogP contribution < -0.4 is 5.73 Å². The summed E-state index contributed by atoms with van der Waals surface area (Å²) in [4.78, 5) is 21.1. The minimum atomic E-state index is -0.910. The van der Waals surface area contributed by atoms with E-state index in [4.69, 9.17) is 10.8 Å². The van der Waals surface area contributed by atoms with Gasteiger partial charge in [-0.05, 0) is 23.6 Å². The molecule has 0 heterocycles. The molecule has 4 nitrogen and oxygen atoms in total. The minimum Gasteiger partial charge on any atom is -0.481 e. The van der Waals surface area contributed by atoms with Crippen molar-refractivity contribution in [3.8, 4) is 0 Å². The van der Waals surface area contributed by atoms with Gasteiger partial charge in [0.25, 0.3) is 0 Å². The molecule has 0 saturated heterocycles. The van der Waals surface area contributed by atoms with Crippen LogP contribution in [0.25, 0.3) is 0 Å². The lowest BCUT2D eigenvalue weighted by Crippen LogP contribution is -2.06. The average molecular weight is 221 g/mol. The predicted octanol–water partition coefficient (Wildman–Crippen LogP) is 1.27. The summed E-state index contributed by atoms with van der Waals surface area (Å²) in [6.07, 6.45) is 1.40. The second-order valence-electron chi connectivity index (χ2n) is 3.92. The summed E-state index contributed by atoms with van der Waals surface area (Å²) in [7, 11) is 0. The minimum absolute atomic E-state index is 0.0682. The first-order valence-corrected chi connectivity index (χ1v) is 5.07. The summed E-state index contributed by atoms with van der Waals surface area (Å²) in [6, 6.07) is 5.26. The number of hydrogen-bond acceptors (Lipinski definition) is 3. The number of nitrogens with two attached hydrogens (primary N) is 1. The number of hydrogen-bond donors (Lipinski definition) is 2. The van der Waals surface area contributed by atoms with Crippen LogP contribution >= 0.6 is 0 Å². The van der Waals surface area contributed by atoms with E-state index in [9.17, 15) is 9.59 Å². The van der Waals surface area contributed by atoms with Crippen molar-refractivity contribution in [1.82, 2.24) is 0 Å². The number of carbonyl (C=O) groups excluding carboxylic acids is 1. The Hall–Kier alpha value is -1.84. The van der Waals surface area contributed by atoms with E-state index in [0.717, 1.165) is 11.8 Å². The Morgan fingerprint density at radius 2 is 2.25 bits per heavy atom. The first kappa shape index (κ1) is 12.2. The molecule has 1 atom stereocenters. The highest BCUT2D eigenvalue weighted by Crippen LogP contribution is 2.17. The van der Waals surface area contributed by atoms with Gasteiger partial charge < -0.3 is 15.6 Å². The molecule has 0 radical (unpaired) electrons. The van der Waals surface area contributed by atoms with E-state index in [1.165, 1.54) is 0 Å². The van der Waals surface area contributed by atoms with Crippen LogP contribution in [0, 0.1) is 5.92 Å².